The SMILES string of the molecule is Cn1c(N2CCC(=O)NC2=O)cnc1-c1ccc2c(c1)CN(Cc1ccc(OCc3ncccc3Cl)cc1)C2. The van der Waals surface area contributed by atoms with Crippen LogP contribution < -0.4 is 15.0 Å². The Morgan fingerprint density at radius 1 is 1.03 bits per heavy atom. The van der Waals surface area contributed by atoms with Gasteiger partial charge in [0.15, 0.2) is 0 Å². The molecule has 2 aliphatic rings. The lowest BCUT2D eigenvalue weighted by atomic mass is 10.1. The number of imide groups is 1. The first-order valence-corrected chi connectivity index (χ1v) is 13.1. The van der Waals surface area contributed by atoms with Crippen LogP contribution in [0.25, 0.3) is 11.4 Å². The molecule has 0 unspecified atom stereocenters. The van der Waals surface area contributed by atoms with Gasteiger partial charge in [-0.25, -0.2) is 9.78 Å². The maximum Gasteiger partial charge on any atom is 0.329 e. The van der Waals surface area contributed by atoms with Gasteiger partial charge in [0.1, 0.15) is 24.0 Å². The summed E-state index contributed by atoms with van der Waals surface area (Å²) in [6.45, 7) is 3.21. The van der Waals surface area contributed by atoms with Gasteiger partial charge >= 0.3 is 6.03 Å². The number of anilines is 1. The second kappa shape index (κ2) is 10.5. The molecule has 0 saturated carbocycles. The Hall–Kier alpha value is -4.21. The molecule has 4 aromatic rings. The number of aromatic nitrogens is 3. The topological polar surface area (TPSA) is 92.6 Å². The van der Waals surface area contributed by atoms with E-state index in [1.807, 2.05) is 23.7 Å². The van der Waals surface area contributed by atoms with E-state index < -0.39 is 6.03 Å². The molecule has 39 heavy (non-hydrogen) atoms. The Morgan fingerprint density at radius 3 is 2.64 bits per heavy atom. The van der Waals surface area contributed by atoms with Crippen LogP contribution in [-0.2, 0) is 38.1 Å². The van der Waals surface area contributed by atoms with E-state index in [9.17, 15) is 9.59 Å². The number of urea groups is 1. The first-order valence-electron chi connectivity index (χ1n) is 12.7. The molecular weight excluding hydrogens is 516 g/mol. The molecule has 0 aliphatic carbocycles. The van der Waals surface area contributed by atoms with Crippen molar-refractivity contribution in [1.82, 2.24) is 24.8 Å². The lowest BCUT2D eigenvalue weighted by Gasteiger charge is -2.26. The smallest absolute Gasteiger partial charge is 0.329 e. The van der Waals surface area contributed by atoms with E-state index in [4.69, 9.17) is 16.3 Å². The van der Waals surface area contributed by atoms with Gasteiger partial charge in [0.05, 0.1) is 16.9 Å². The summed E-state index contributed by atoms with van der Waals surface area (Å²) in [6.07, 6.45) is 3.66. The predicted octanol–water partition coefficient (Wildman–Crippen LogP) is 4.68. The number of carbonyl (C=O) groups excluding carboxylic acids is 2. The zero-order valence-corrected chi connectivity index (χ0v) is 22.2. The van der Waals surface area contributed by atoms with Crippen molar-refractivity contribution in [2.24, 2.45) is 7.05 Å². The van der Waals surface area contributed by atoms with Gasteiger partial charge in [0, 0.05) is 51.4 Å². The highest BCUT2D eigenvalue weighted by Crippen LogP contribution is 2.31. The molecule has 9 nitrogen and oxygen atoms in total. The summed E-state index contributed by atoms with van der Waals surface area (Å²) in [5.41, 5.74) is 5.48. The first kappa shape index (κ1) is 25.1. The number of nitrogens with one attached hydrogen (secondary N) is 1. The summed E-state index contributed by atoms with van der Waals surface area (Å²) in [5.74, 6) is 1.96. The van der Waals surface area contributed by atoms with E-state index in [-0.39, 0.29) is 12.3 Å². The van der Waals surface area contributed by atoms with Crippen molar-refractivity contribution >= 4 is 29.4 Å². The minimum absolute atomic E-state index is 0.253. The Balaban J connectivity index is 1.09. The molecule has 2 aliphatic heterocycles. The molecule has 0 radical (unpaired) electrons. The first-order chi connectivity index (χ1) is 18.9. The molecule has 0 bridgehead atoms. The van der Waals surface area contributed by atoms with Crippen LogP contribution in [-0.4, -0.2) is 37.9 Å². The quantitative estimate of drug-likeness (QED) is 0.365. The monoisotopic (exact) mass is 542 g/mol. The van der Waals surface area contributed by atoms with Crippen LogP contribution >= 0.6 is 11.6 Å². The Kier molecular flexibility index (Phi) is 6.76. The molecular formula is C29H27ClN6O3. The molecule has 198 valence electrons. The Morgan fingerprint density at radius 2 is 1.85 bits per heavy atom. The van der Waals surface area contributed by atoms with Gasteiger partial charge in [-0.15, -0.1) is 0 Å². The molecule has 6 rings (SSSR count). The van der Waals surface area contributed by atoms with Crippen molar-refractivity contribution in [3.05, 3.63) is 94.4 Å². The number of imidazole rings is 1. The summed E-state index contributed by atoms with van der Waals surface area (Å²) in [4.78, 5) is 36.6. The summed E-state index contributed by atoms with van der Waals surface area (Å²) in [6, 6.07) is 17.7. The van der Waals surface area contributed by atoms with Crippen molar-refractivity contribution in [1.29, 1.82) is 0 Å². The van der Waals surface area contributed by atoms with Gasteiger partial charge in [-0.05, 0) is 47.0 Å². The highest BCUT2D eigenvalue weighted by Gasteiger charge is 2.27. The van der Waals surface area contributed by atoms with Gasteiger partial charge in [0.2, 0.25) is 5.91 Å². The van der Waals surface area contributed by atoms with Crippen LogP contribution in [0.2, 0.25) is 5.02 Å². The molecule has 2 aromatic heterocycles. The largest absolute Gasteiger partial charge is 0.487 e. The fourth-order valence-corrected chi connectivity index (χ4v) is 5.22. The Labute approximate surface area is 231 Å². The average molecular weight is 543 g/mol. The number of hydrogen-bond acceptors (Lipinski definition) is 6. The summed E-state index contributed by atoms with van der Waals surface area (Å²) >= 11 is 6.17. The maximum atomic E-state index is 12.3. The molecule has 2 aromatic carbocycles. The highest BCUT2D eigenvalue weighted by atomic mass is 35.5. The third-order valence-electron chi connectivity index (χ3n) is 7.09. The average Bonchev–Trinajstić information content (AvgIpc) is 3.51. The summed E-state index contributed by atoms with van der Waals surface area (Å²) in [5, 5.41) is 2.97. The number of benzene rings is 2. The number of ether oxygens (including phenoxy) is 1. The lowest BCUT2D eigenvalue weighted by Crippen LogP contribution is -2.50. The van der Waals surface area contributed by atoms with Crippen molar-refractivity contribution in [3.63, 3.8) is 0 Å². The van der Waals surface area contributed by atoms with E-state index in [1.165, 1.54) is 16.7 Å². The highest BCUT2D eigenvalue weighted by molar-refractivity contribution is 6.31. The number of rotatable bonds is 7. The molecule has 0 atom stereocenters. The van der Waals surface area contributed by atoms with E-state index in [2.05, 4.69) is 50.5 Å². The fourth-order valence-electron chi connectivity index (χ4n) is 5.04. The number of nitrogens with zero attached hydrogens (tertiary/aromatic N) is 5. The number of pyridine rings is 1. The molecule has 0 spiro atoms. The number of halogens is 1. The van der Waals surface area contributed by atoms with E-state index in [1.54, 1.807) is 29.4 Å². The van der Waals surface area contributed by atoms with Gasteiger partial charge in [-0.3, -0.25) is 24.9 Å². The summed E-state index contributed by atoms with van der Waals surface area (Å²) < 4.78 is 7.75. The standard InChI is InChI=1S/C29H27ClN6O3/c1-34-27(36-12-10-26(37)33-29(36)38)14-32-28(34)20-6-7-21-16-35(17-22(21)13-20)15-19-4-8-23(9-5-19)39-18-25-24(30)3-2-11-31-25/h2-9,11,13-14H,10,12,15-18H2,1H3,(H,33,37,38). The number of hydrogen-bond donors (Lipinski definition) is 1. The third kappa shape index (κ3) is 5.23. The van der Waals surface area contributed by atoms with Crippen molar-refractivity contribution in [3.8, 4) is 17.1 Å². The fraction of sp³-hybridized carbons (Fsp3) is 0.241. The number of carbonyl (C=O) groups is 2. The molecule has 1 fully saturated rings. The second-order valence-corrected chi connectivity index (χ2v) is 10.2. The van der Waals surface area contributed by atoms with Gasteiger partial charge in [0.25, 0.3) is 0 Å². The molecule has 1 N–H and O–H groups in total. The molecule has 10 heteroatoms. The number of amides is 3. The van der Waals surface area contributed by atoms with Crippen LogP contribution in [0.1, 0.15) is 28.8 Å². The minimum Gasteiger partial charge on any atom is -0.487 e. The minimum atomic E-state index is -0.414. The number of fused-ring (bicyclic) bond motifs is 1. The zero-order valence-electron chi connectivity index (χ0n) is 21.4. The zero-order chi connectivity index (χ0) is 26.9. The van der Waals surface area contributed by atoms with Crippen LogP contribution in [0.15, 0.2) is 67.0 Å². The van der Waals surface area contributed by atoms with Gasteiger partial charge < -0.3 is 9.30 Å². The van der Waals surface area contributed by atoms with Crippen molar-refractivity contribution in [2.75, 3.05) is 11.4 Å². The van der Waals surface area contributed by atoms with Crippen LogP contribution in [0.3, 0.4) is 0 Å². The van der Waals surface area contributed by atoms with Crippen molar-refractivity contribution < 1.29 is 14.3 Å². The van der Waals surface area contributed by atoms with E-state index >= 15 is 0 Å². The van der Waals surface area contributed by atoms with Gasteiger partial charge in [-0.2, -0.15) is 0 Å². The predicted molar refractivity (Wildman–Crippen MR) is 147 cm³/mol. The van der Waals surface area contributed by atoms with Gasteiger partial charge in [-0.1, -0.05) is 35.9 Å². The van der Waals surface area contributed by atoms with Crippen molar-refractivity contribution in [2.45, 2.75) is 32.7 Å². The molecule has 4 heterocycles. The molecule has 1 saturated heterocycles. The lowest BCUT2D eigenvalue weighted by molar-refractivity contribution is -0.120. The Bertz CT molecular complexity index is 1550. The van der Waals surface area contributed by atoms with Crippen LogP contribution in [0.5, 0.6) is 5.75 Å². The third-order valence-corrected chi connectivity index (χ3v) is 7.43. The maximum absolute atomic E-state index is 12.3. The molecule has 3 amide bonds. The normalized spacial score (nSPS) is 15.4. The second-order valence-electron chi connectivity index (χ2n) is 9.75. The van der Waals surface area contributed by atoms with E-state index in [0.717, 1.165) is 36.8 Å². The van der Waals surface area contributed by atoms with Crippen LogP contribution in [0.4, 0.5) is 10.6 Å². The van der Waals surface area contributed by atoms with E-state index in [0.29, 0.717) is 29.7 Å². The summed E-state index contributed by atoms with van der Waals surface area (Å²) in [7, 11) is 1.89. The van der Waals surface area contributed by atoms with Crippen LogP contribution in [0, 0.1) is 0 Å².